The maximum Gasteiger partial charge on any atom is 0.135 e. The molecule has 0 spiro atoms. The van der Waals surface area contributed by atoms with E-state index in [4.69, 9.17) is 9.52 Å². The molecule has 1 unspecified atom stereocenters. The van der Waals surface area contributed by atoms with E-state index in [9.17, 15) is 4.21 Å². The lowest BCUT2D eigenvalue weighted by Crippen LogP contribution is -2.03. The summed E-state index contributed by atoms with van der Waals surface area (Å²) in [6.07, 6.45) is 0. The minimum atomic E-state index is -2.67. The monoisotopic (exact) mass is 199 g/mol. The molecule has 0 heterocycles. The molecule has 0 saturated carbocycles. The van der Waals surface area contributed by atoms with Crippen molar-refractivity contribution in [3.05, 3.63) is 24.3 Å². The third kappa shape index (κ3) is 2.01. The third-order valence-electron chi connectivity index (χ3n) is 1.83. The zero-order chi connectivity index (χ0) is 9.90. The SMILES string of the molecule is CCS(=N)(=O)c1ccccc1OC. The first-order valence-electron chi connectivity index (χ1n) is 4.01. The van der Waals surface area contributed by atoms with E-state index in [1.807, 2.05) is 0 Å². The number of methoxy groups -OCH3 is 1. The zero-order valence-electron chi connectivity index (χ0n) is 7.74. The number of nitrogens with one attached hydrogen (secondary N) is 1. The van der Waals surface area contributed by atoms with Gasteiger partial charge >= 0.3 is 0 Å². The molecule has 0 aliphatic heterocycles. The van der Waals surface area contributed by atoms with E-state index in [2.05, 4.69) is 0 Å². The summed E-state index contributed by atoms with van der Waals surface area (Å²) >= 11 is 0. The molecule has 0 bridgehead atoms. The molecule has 72 valence electrons. The Morgan fingerprint density at radius 3 is 2.62 bits per heavy atom. The van der Waals surface area contributed by atoms with Gasteiger partial charge in [-0.15, -0.1) is 0 Å². The van der Waals surface area contributed by atoms with Crippen molar-refractivity contribution < 1.29 is 8.95 Å². The molecular weight excluding hydrogens is 186 g/mol. The second-order valence-electron chi connectivity index (χ2n) is 2.61. The van der Waals surface area contributed by atoms with Gasteiger partial charge in [0.1, 0.15) is 5.75 Å². The second kappa shape index (κ2) is 3.79. The Balaban J connectivity index is 3.29. The molecule has 0 saturated heterocycles. The van der Waals surface area contributed by atoms with E-state index < -0.39 is 9.73 Å². The van der Waals surface area contributed by atoms with Gasteiger partial charge in [0.05, 0.1) is 21.7 Å². The average Bonchev–Trinajstić information content (AvgIpc) is 2.18. The molecule has 0 fully saturated rings. The molecule has 4 heteroatoms. The zero-order valence-corrected chi connectivity index (χ0v) is 8.56. The maximum atomic E-state index is 11.7. The van der Waals surface area contributed by atoms with Crippen LogP contribution in [0.25, 0.3) is 0 Å². The predicted molar refractivity (Wildman–Crippen MR) is 52.7 cm³/mol. The highest BCUT2D eigenvalue weighted by atomic mass is 32.2. The Hall–Kier alpha value is -1.03. The predicted octanol–water partition coefficient (Wildman–Crippen LogP) is 2.12. The van der Waals surface area contributed by atoms with Crippen LogP contribution in [-0.4, -0.2) is 17.1 Å². The number of hydrogen-bond donors (Lipinski definition) is 1. The van der Waals surface area contributed by atoms with Crippen molar-refractivity contribution in [1.29, 1.82) is 4.78 Å². The summed E-state index contributed by atoms with van der Waals surface area (Å²) < 4.78 is 24.4. The number of hydrogen-bond acceptors (Lipinski definition) is 3. The first kappa shape index (κ1) is 10.1. The van der Waals surface area contributed by atoms with Crippen LogP contribution in [0, 0.1) is 4.78 Å². The smallest absolute Gasteiger partial charge is 0.135 e. The first-order chi connectivity index (χ1) is 6.11. The Morgan fingerprint density at radius 2 is 2.08 bits per heavy atom. The fourth-order valence-electron chi connectivity index (χ4n) is 1.05. The topological polar surface area (TPSA) is 50.2 Å². The van der Waals surface area contributed by atoms with Gasteiger partial charge in [-0.1, -0.05) is 19.1 Å². The standard InChI is InChI=1S/C9H13NO2S/c1-3-13(10,11)9-7-5-4-6-8(9)12-2/h4-7,10H,3H2,1-2H3. The molecule has 1 aromatic carbocycles. The van der Waals surface area contributed by atoms with E-state index in [1.165, 1.54) is 7.11 Å². The van der Waals surface area contributed by atoms with E-state index in [-0.39, 0.29) is 0 Å². The largest absolute Gasteiger partial charge is 0.495 e. The Morgan fingerprint density at radius 1 is 1.46 bits per heavy atom. The summed E-state index contributed by atoms with van der Waals surface area (Å²) in [6.45, 7) is 1.74. The van der Waals surface area contributed by atoms with Crippen LogP contribution in [0.3, 0.4) is 0 Å². The molecular formula is C9H13NO2S. The van der Waals surface area contributed by atoms with E-state index in [0.29, 0.717) is 16.4 Å². The van der Waals surface area contributed by atoms with Gasteiger partial charge in [0.25, 0.3) is 0 Å². The fraction of sp³-hybridized carbons (Fsp3) is 0.333. The van der Waals surface area contributed by atoms with Crippen LogP contribution in [-0.2, 0) is 9.73 Å². The lowest BCUT2D eigenvalue weighted by molar-refractivity contribution is 0.404. The molecule has 0 amide bonds. The number of rotatable bonds is 3. The van der Waals surface area contributed by atoms with Crippen molar-refractivity contribution in [2.24, 2.45) is 0 Å². The van der Waals surface area contributed by atoms with Gasteiger partial charge in [0.15, 0.2) is 0 Å². The van der Waals surface area contributed by atoms with Crippen molar-refractivity contribution in [2.45, 2.75) is 11.8 Å². The van der Waals surface area contributed by atoms with Crippen LogP contribution in [0.4, 0.5) is 0 Å². The minimum Gasteiger partial charge on any atom is -0.495 e. The van der Waals surface area contributed by atoms with E-state index in [0.717, 1.165) is 0 Å². The summed E-state index contributed by atoms with van der Waals surface area (Å²) in [6, 6.07) is 6.96. The summed E-state index contributed by atoms with van der Waals surface area (Å²) in [7, 11) is -1.15. The van der Waals surface area contributed by atoms with E-state index in [1.54, 1.807) is 31.2 Å². The first-order valence-corrected chi connectivity index (χ1v) is 5.74. The van der Waals surface area contributed by atoms with Crippen LogP contribution in [0.15, 0.2) is 29.2 Å². The summed E-state index contributed by atoms with van der Waals surface area (Å²) in [5.74, 6) is 0.845. The molecule has 1 atom stereocenters. The van der Waals surface area contributed by atoms with Crippen LogP contribution < -0.4 is 4.74 Å². The van der Waals surface area contributed by atoms with Gasteiger partial charge in [-0.3, -0.25) is 0 Å². The highest BCUT2D eigenvalue weighted by molar-refractivity contribution is 7.92. The third-order valence-corrected chi connectivity index (χ3v) is 3.69. The number of benzene rings is 1. The molecule has 3 nitrogen and oxygen atoms in total. The lowest BCUT2D eigenvalue weighted by atomic mass is 10.3. The van der Waals surface area contributed by atoms with Crippen LogP contribution in [0.5, 0.6) is 5.75 Å². The molecule has 1 rings (SSSR count). The van der Waals surface area contributed by atoms with Crippen molar-refractivity contribution >= 4 is 9.73 Å². The quantitative estimate of drug-likeness (QED) is 0.810. The normalized spacial score (nSPS) is 14.9. The van der Waals surface area contributed by atoms with Crippen molar-refractivity contribution in [2.75, 3.05) is 12.9 Å². The summed E-state index contributed by atoms with van der Waals surface area (Å²) in [5, 5.41) is 0. The van der Waals surface area contributed by atoms with Gasteiger partial charge in [0, 0.05) is 5.75 Å². The van der Waals surface area contributed by atoms with Gasteiger partial charge in [-0.05, 0) is 12.1 Å². The number of para-hydroxylation sites is 1. The molecule has 1 N–H and O–H groups in total. The molecule has 0 aliphatic carbocycles. The van der Waals surface area contributed by atoms with Gasteiger partial charge < -0.3 is 4.74 Å². The highest BCUT2D eigenvalue weighted by Gasteiger charge is 2.12. The molecule has 0 radical (unpaired) electrons. The lowest BCUT2D eigenvalue weighted by Gasteiger charge is -2.09. The van der Waals surface area contributed by atoms with E-state index >= 15 is 0 Å². The van der Waals surface area contributed by atoms with Gasteiger partial charge in [-0.2, -0.15) is 0 Å². The van der Waals surface area contributed by atoms with Gasteiger partial charge in [-0.25, -0.2) is 8.99 Å². The molecule has 13 heavy (non-hydrogen) atoms. The van der Waals surface area contributed by atoms with Crippen molar-refractivity contribution in [3.8, 4) is 5.75 Å². The second-order valence-corrected chi connectivity index (χ2v) is 4.98. The van der Waals surface area contributed by atoms with Crippen molar-refractivity contribution in [1.82, 2.24) is 0 Å². The van der Waals surface area contributed by atoms with Crippen molar-refractivity contribution in [3.63, 3.8) is 0 Å². The number of ether oxygens (including phenoxy) is 1. The Labute approximate surface area is 78.7 Å². The fourth-order valence-corrected chi connectivity index (χ4v) is 2.13. The maximum absolute atomic E-state index is 11.7. The molecule has 1 aromatic rings. The minimum absolute atomic E-state index is 0.313. The molecule has 0 aliphatic rings. The average molecular weight is 199 g/mol. The Kier molecular flexibility index (Phi) is 2.93. The van der Waals surface area contributed by atoms with Gasteiger partial charge in [0.2, 0.25) is 0 Å². The van der Waals surface area contributed by atoms with Crippen LogP contribution in [0.2, 0.25) is 0 Å². The Bertz CT molecular complexity index is 384. The van der Waals surface area contributed by atoms with Crippen LogP contribution >= 0.6 is 0 Å². The highest BCUT2D eigenvalue weighted by Crippen LogP contribution is 2.23. The van der Waals surface area contributed by atoms with Crippen LogP contribution in [0.1, 0.15) is 6.92 Å². The molecule has 0 aromatic heterocycles. The summed E-state index contributed by atoms with van der Waals surface area (Å²) in [5.41, 5.74) is 0. The summed E-state index contributed by atoms with van der Waals surface area (Å²) in [4.78, 5) is 0.486.